The lowest BCUT2D eigenvalue weighted by Crippen LogP contribution is -2.56. The summed E-state index contributed by atoms with van der Waals surface area (Å²) in [6.07, 6.45) is 3.15. The molecular formula is C20H28F3N3O2S. The highest BCUT2D eigenvalue weighted by Gasteiger charge is 2.50. The van der Waals surface area contributed by atoms with Gasteiger partial charge in [0.25, 0.3) is 0 Å². The average molecular weight is 432 g/mol. The topological polar surface area (TPSA) is 55.2 Å². The quantitative estimate of drug-likeness (QED) is 0.731. The van der Waals surface area contributed by atoms with Crippen LogP contribution >= 0.6 is 0 Å². The minimum atomic E-state index is -4.38. The lowest BCUT2D eigenvalue weighted by molar-refractivity contribution is -0.141. The van der Waals surface area contributed by atoms with E-state index < -0.39 is 21.7 Å². The van der Waals surface area contributed by atoms with Crippen LogP contribution < -0.4 is 0 Å². The van der Waals surface area contributed by atoms with Crippen molar-refractivity contribution in [3.63, 3.8) is 0 Å². The third kappa shape index (κ3) is 3.84. The van der Waals surface area contributed by atoms with Crippen LogP contribution in [0.1, 0.15) is 74.7 Å². The van der Waals surface area contributed by atoms with Gasteiger partial charge in [0.2, 0.25) is 0 Å². The second kappa shape index (κ2) is 6.70. The summed E-state index contributed by atoms with van der Waals surface area (Å²) in [7, 11) is -2.79. The van der Waals surface area contributed by atoms with Gasteiger partial charge >= 0.3 is 6.18 Å². The Labute approximate surface area is 169 Å². The number of hydrogen-bond acceptors (Lipinski definition) is 4. The molecule has 0 radical (unpaired) electrons. The van der Waals surface area contributed by atoms with Crippen LogP contribution in [0, 0.1) is 5.41 Å². The lowest BCUT2D eigenvalue weighted by Gasteiger charge is -2.49. The van der Waals surface area contributed by atoms with Crippen molar-refractivity contribution in [1.82, 2.24) is 14.7 Å². The summed E-state index contributed by atoms with van der Waals surface area (Å²) in [6, 6.07) is 1.90. The Hall–Kier alpha value is -1.09. The molecule has 4 aliphatic rings. The van der Waals surface area contributed by atoms with E-state index in [2.05, 4.69) is 10.00 Å². The van der Waals surface area contributed by atoms with E-state index in [1.54, 1.807) is 4.68 Å². The van der Waals surface area contributed by atoms with E-state index in [1.807, 2.05) is 0 Å². The number of rotatable bonds is 3. The Morgan fingerprint density at radius 3 is 2.07 bits per heavy atom. The van der Waals surface area contributed by atoms with Crippen LogP contribution in [-0.2, 0) is 16.0 Å². The minimum absolute atomic E-state index is 0.0251. The predicted molar refractivity (Wildman–Crippen MR) is 102 cm³/mol. The van der Waals surface area contributed by atoms with Crippen molar-refractivity contribution in [2.24, 2.45) is 5.41 Å². The largest absolute Gasteiger partial charge is 0.435 e. The molecular weight excluding hydrogens is 403 g/mol. The Bertz CT molecular complexity index is 861. The summed E-state index contributed by atoms with van der Waals surface area (Å²) in [5.74, 6) is 0.865. The van der Waals surface area contributed by atoms with Crippen LogP contribution in [0.4, 0.5) is 13.2 Å². The fourth-order valence-electron chi connectivity index (χ4n) is 5.74. The van der Waals surface area contributed by atoms with Crippen molar-refractivity contribution in [2.75, 3.05) is 24.6 Å². The number of likely N-dealkylation sites (tertiary alicyclic amines) is 1. The highest BCUT2D eigenvalue weighted by molar-refractivity contribution is 7.92. The van der Waals surface area contributed by atoms with Crippen LogP contribution in [0.2, 0.25) is 0 Å². The third-order valence-corrected chi connectivity index (χ3v) is 9.59. The van der Waals surface area contributed by atoms with Gasteiger partial charge in [0, 0.05) is 23.1 Å². The number of sulfone groups is 1. The second-order valence-corrected chi connectivity index (χ2v) is 11.8. The van der Waals surface area contributed by atoms with Crippen LogP contribution in [0.25, 0.3) is 0 Å². The second-order valence-electron chi connectivity index (χ2n) is 9.70. The minimum Gasteiger partial charge on any atom is -0.300 e. The molecule has 0 amide bonds. The number of hydrogen-bond donors (Lipinski definition) is 0. The van der Waals surface area contributed by atoms with Gasteiger partial charge in [-0.25, -0.2) is 8.42 Å². The van der Waals surface area contributed by atoms with E-state index in [1.165, 1.54) is 6.07 Å². The van der Waals surface area contributed by atoms with E-state index in [4.69, 9.17) is 0 Å². The van der Waals surface area contributed by atoms with Gasteiger partial charge in [-0.15, -0.1) is 0 Å². The Morgan fingerprint density at radius 2 is 1.55 bits per heavy atom. The van der Waals surface area contributed by atoms with E-state index in [0.29, 0.717) is 17.5 Å². The maximum absolute atomic E-state index is 13.2. The van der Waals surface area contributed by atoms with Gasteiger partial charge in [0.05, 0.1) is 17.5 Å². The molecule has 2 saturated heterocycles. The average Bonchev–Trinajstić information content (AvgIpc) is 3.38. The van der Waals surface area contributed by atoms with Crippen LogP contribution in [0.3, 0.4) is 0 Å². The van der Waals surface area contributed by atoms with E-state index in [-0.39, 0.29) is 17.4 Å². The van der Waals surface area contributed by atoms with E-state index in [0.717, 1.165) is 70.2 Å². The molecule has 2 aliphatic heterocycles. The molecule has 29 heavy (non-hydrogen) atoms. The summed E-state index contributed by atoms with van der Waals surface area (Å²) in [4.78, 5) is 2.49. The van der Waals surface area contributed by atoms with Gasteiger partial charge in [-0.05, 0) is 70.5 Å². The van der Waals surface area contributed by atoms with Crippen molar-refractivity contribution in [3.8, 4) is 0 Å². The molecule has 0 unspecified atom stereocenters. The van der Waals surface area contributed by atoms with Gasteiger partial charge in [0.15, 0.2) is 15.5 Å². The Kier molecular flexibility index (Phi) is 4.59. The van der Waals surface area contributed by atoms with Gasteiger partial charge in [-0.2, -0.15) is 18.3 Å². The van der Waals surface area contributed by atoms with Gasteiger partial charge < -0.3 is 4.90 Å². The van der Waals surface area contributed by atoms with Gasteiger partial charge in [0.1, 0.15) is 0 Å². The molecule has 1 aromatic rings. The van der Waals surface area contributed by atoms with Crippen LogP contribution in [0.15, 0.2) is 6.07 Å². The van der Waals surface area contributed by atoms with Crippen molar-refractivity contribution >= 4 is 9.84 Å². The molecule has 0 aromatic carbocycles. The van der Waals surface area contributed by atoms with Crippen LogP contribution in [0.5, 0.6) is 0 Å². The summed E-state index contributed by atoms with van der Waals surface area (Å²) < 4.78 is 64.3. The van der Waals surface area contributed by atoms with Gasteiger partial charge in [-0.1, -0.05) is 0 Å². The highest BCUT2D eigenvalue weighted by Crippen LogP contribution is 2.45. The molecule has 0 atom stereocenters. The molecule has 2 saturated carbocycles. The summed E-state index contributed by atoms with van der Waals surface area (Å²) >= 11 is 0. The molecule has 5 rings (SSSR count). The highest BCUT2D eigenvalue weighted by atomic mass is 32.2. The third-order valence-electron chi connectivity index (χ3n) is 7.49. The van der Waals surface area contributed by atoms with Crippen molar-refractivity contribution in [3.05, 3.63) is 17.5 Å². The number of aromatic nitrogens is 2. The fraction of sp³-hybridized carbons (Fsp3) is 0.850. The molecule has 1 spiro atoms. The first-order valence-electron chi connectivity index (χ1n) is 10.8. The number of halogens is 3. The van der Waals surface area contributed by atoms with Gasteiger partial charge in [-0.3, -0.25) is 4.68 Å². The van der Waals surface area contributed by atoms with Crippen molar-refractivity contribution in [1.29, 1.82) is 0 Å². The Morgan fingerprint density at radius 1 is 0.966 bits per heavy atom. The molecule has 0 N–H and O–H groups in total. The van der Waals surface area contributed by atoms with Crippen molar-refractivity contribution in [2.45, 2.75) is 75.5 Å². The first kappa shape index (κ1) is 19.8. The first-order chi connectivity index (χ1) is 13.6. The normalized spacial score (nSPS) is 32.2. The zero-order valence-corrected chi connectivity index (χ0v) is 17.3. The first-order valence-corrected chi connectivity index (χ1v) is 12.6. The monoisotopic (exact) mass is 431 g/mol. The number of piperidine rings is 1. The molecule has 2 aliphatic carbocycles. The molecule has 1 aromatic heterocycles. The Balaban J connectivity index is 1.20. The lowest BCUT2D eigenvalue weighted by atomic mass is 9.78. The van der Waals surface area contributed by atoms with Crippen molar-refractivity contribution < 1.29 is 21.6 Å². The fourth-order valence-corrected chi connectivity index (χ4v) is 8.10. The summed E-state index contributed by atoms with van der Waals surface area (Å²) in [5.41, 5.74) is 0.0472. The summed E-state index contributed by atoms with van der Waals surface area (Å²) in [6.45, 7) is 1.90. The molecule has 3 heterocycles. The molecule has 5 nitrogen and oxygen atoms in total. The maximum atomic E-state index is 13.2. The molecule has 9 heteroatoms. The number of nitrogens with zero attached hydrogens (tertiary/aromatic N) is 3. The zero-order valence-electron chi connectivity index (χ0n) is 16.5. The van der Waals surface area contributed by atoms with Crippen LogP contribution in [-0.4, -0.2) is 53.7 Å². The SMILES string of the molecule is O=S1(=O)CC2(CCN([C@H]3CC[C@H](c4cc(C(F)(F)F)nn4C4CC4)CC3)CC2)C1. The molecule has 4 fully saturated rings. The smallest absolute Gasteiger partial charge is 0.300 e. The molecule has 162 valence electrons. The summed E-state index contributed by atoms with van der Waals surface area (Å²) in [5, 5.41) is 3.90. The standard InChI is InChI=1S/C20H28F3N3O2S/c21-20(22,23)18-11-17(26(24-18)16-5-6-16)14-1-3-15(4-2-14)25-9-7-19(8-10-25)12-29(27,28)13-19/h11,14-16H,1-10,12-13H2/t14-,15-. The maximum Gasteiger partial charge on any atom is 0.435 e. The van der Waals surface area contributed by atoms with E-state index in [9.17, 15) is 21.6 Å². The number of alkyl halides is 3. The van der Waals surface area contributed by atoms with E-state index >= 15 is 0 Å². The predicted octanol–water partition coefficient (Wildman–Crippen LogP) is 3.77. The zero-order chi connectivity index (χ0) is 20.4. The molecule has 0 bridgehead atoms.